The van der Waals surface area contributed by atoms with E-state index < -0.39 is 11.0 Å². The first kappa shape index (κ1) is 14.0. The largest absolute Gasteiger partial charge is 0.491 e. The topological polar surface area (TPSA) is 90.4 Å². The normalized spacial score (nSPS) is 12.1. The first-order valence-corrected chi connectivity index (χ1v) is 6.14. The van der Waals surface area contributed by atoms with Crippen LogP contribution in [0.25, 0.3) is 0 Å². The monoisotopic (exact) mass is 277 g/mol. The van der Waals surface area contributed by atoms with E-state index in [0.29, 0.717) is 24.5 Å². The van der Waals surface area contributed by atoms with Gasteiger partial charge in [-0.1, -0.05) is 0 Å². The van der Waals surface area contributed by atoms with E-state index >= 15 is 0 Å². The van der Waals surface area contributed by atoms with Crippen LogP contribution in [0.3, 0.4) is 0 Å². The molecule has 0 saturated heterocycles. The van der Waals surface area contributed by atoms with Gasteiger partial charge in [0.15, 0.2) is 0 Å². The second-order valence-electron chi connectivity index (χ2n) is 4.27. The molecule has 106 valence electrons. The molecule has 20 heavy (non-hydrogen) atoms. The third-order valence-corrected chi connectivity index (χ3v) is 2.79. The van der Waals surface area contributed by atoms with Crippen LogP contribution in [0.2, 0.25) is 0 Å². The molecule has 0 fully saturated rings. The van der Waals surface area contributed by atoms with E-state index in [4.69, 9.17) is 4.74 Å². The van der Waals surface area contributed by atoms with Gasteiger partial charge in [-0.05, 0) is 19.1 Å². The number of aliphatic hydroxyl groups excluding tert-OH is 1. The Morgan fingerprint density at radius 2 is 2.35 bits per heavy atom. The van der Waals surface area contributed by atoms with Gasteiger partial charge in [-0.25, -0.2) is 0 Å². The lowest BCUT2D eigenvalue weighted by Crippen LogP contribution is -2.10. The van der Waals surface area contributed by atoms with Gasteiger partial charge in [0, 0.05) is 30.1 Å². The summed E-state index contributed by atoms with van der Waals surface area (Å²) in [5, 5.41) is 24.4. The van der Waals surface area contributed by atoms with Crippen LogP contribution in [0, 0.1) is 10.1 Å². The Balaban J connectivity index is 2.08. The van der Waals surface area contributed by atoms with Gasteiger partial charge in [-0.2, -0.15) is 5.10 Å². The van der Waals surface area contributed by atoms with Gasteiger partial charge in [-0.3, -0.25) is 14.8 Å². The molecule has 2 rings (SSSR count). The van der Waals surface area contributed by atoms with Crippen LogP contribution >= 0.6 is 0 Å². The molecule has 0 unspecified atom stereocenters. The van der Waals surface area contributed by atoms with Crippen molar-refractivity contribution in [3.8, 4) is 5.75 Å². The Bertz CT molecular complexity index is 581. The van der Waals surface area contributed by atoms with Gasteiger partial charge in [0.1, 0.15) is 12.4 Å². The molecule has 1 atom stereocenters. The highest BCUT2D eigenvalue weighted by molar-refractivity contribution is 5.44. The van der Waals surface area contributed by atoms with Crippen molar-refractivity contribution in [2.24, 2.45) is 0 Å². The number of aliphatic hydroxyl groups is 1. The summed E-state index contributed by atoms with van der Waals surface area (Å²) in [6.45, 7) is 2.46. The molecule has 0 aliphatic rings. The number of aromatic nitrogens is 2. The van der Waals surface area contributed by atoms with Crippen molar-refractivity contribution in [2.75, 3.05) is 6.61 Å². The lowest BCUT2D eigenvalue weighted by Gasteiger charge is -2.13. The number of nitro groups is 1. The number of hydrogen-bond acceptors (Lipinski definition) is 5. The smallest absolute Gasteiger partial charge is 0.270 e. The summed E-state index contributed by atoms with van der Waals surface area (Å²) in [6.07, 6.45) is 2.65. The molecule has 0 radical (unpaired) electrons. The molecule has 0 bridgehead atoms. The summed E-state index contributed by atoms with van der Waals surface area (Å²) in [5.41, 5.74) is 0.333. The van der Waals surface area contributed by atoms with Crippen LogP contribution in [0.1, 0.15) is 18.6 Å². The molecular weight excluding hydrogens is 262 g/mol. The van der Waals surface area contributed by atoms with Crippen molar-refractivity contribution in [3.63, 3.8) is 0 Å². The Kier molecular flexibility index (Phi) is 4.31. The van der Waals surface area contributed by atoms with Crippen LogP contribution < -0.4 is 4.74 Å². The van der Waals surface area contributed by atoms with Crippen molar-refractivity contribution in [3.05, 3.63) is 52.3 Å². The van der Waals surface area contributed by atoms with Crippen molar-refractivity contribution >= 4 is 5.69 Å². The zero-order chi connectivity index (χ0) is 14.5. The third kappa shape index (κ3) is 3.33. The number of non-ortho nitro benzene ring substituents is 1. The molecule has 7 nitrogen and oxygen atoms in total. The van der Waals surface area contributed by atoms with E-state index in [1.54, 1.807) is 17.8 Å². The number of nitrogens with zero attached hydrogens (tertiary/aromatic N) is 3. The molecule has 7 heteroatoms. The SMILES string of the molecule is C[C@H](O)c1cc([N+](=O)[O-])ccc1OCCn1cccn1. The molecule has 1 aromatic heterocycles. The van der Waals surface area contributed by atoms with Gasteiger partial charge in [-0.15, -0.1) is 0 Å². The lowest BCUT2D eigenvalue weighted by atomic mass is 10.1. The second kappa shape index (κ2) is 6.16. The highest BCUT2D eigenvalue weighted by atomic mass is 16.6. The fourth-order valence-electron chi connectivity index (χ4n) is 1.79. The van der Waals surface area contributed by atoms with Crippen LogP contribution in [-0.4, -0.2) is 26.4 Å². The summed E-state index contributed by atoms with van der Waals surface area (Å²) in [7, 11) is 0. The minimum Gasteiger partial charge on any atom is -0.491 e. The maximum atomic E-state index is 10.7. The summed E-state index contributed by atoms with van der Waals surface area (Å²) >= 11 is 0. The van der Waals surface area contributed by atoms with Crippen molar-refractivity contribution in [1.82, 2.24) is 9.78 Å². The van der Waals surface area contributed by atoms with E-state index in [1.807, 2.05) is 12.3 Å². The van der Waals surface area contributed by atoms with Crippen LogP contribution in [0.5, 0.6) is 5.75 Å². The fourth-order valence-corrected chi connectivity index (χ4v) is 1.79. The molecular formula is C13H15N3O4. The molecule has 1 aromatic carbocycles. The first-order valence-electron chi connectivity index (χ1n) is 6.14. The van der Waals surface area contributed by atoms with E-state index in [9.17, 15) is 15.2 Å². The maximum absolute atomic E-state index is 10.7. The third-order valence-electron chi connectivity index (χ3n) is 2.79. The minimum atomic E-state index is -0.838. The average molecular weight is 277 g/mol. The highest BCUT2D eigenvalue weighted by Crippen LogP contribution is 2.29. The predicted octanol–water partition coefficient (Wildman–Crippen LogP) is 1.92. The zero-order valence-corrected chi connectivity index (χ0v) is 11.0. The Morgan fingerprint density at radius 3 is 2.95 bits per heavy atom. The molecule has 0 amide bonds. The summed E-state index contributed by atoms with van der Waals surface area (Å²) in [4.78, 5) is 10.2. The first-order chi connectivity index (χ1) is 9.58. The van der Waals surface area contributed by atoms with E-state index in [1.165, 1.54) is 18.2 Å². The molecule has 2 aromatic rings. The molecule has 1 N–H and O–H groups in total. The van der Waals surface area contributed by atoms with Crippen molar-refractivity contribution < 1.29 is 14.8 Å². The number of ether oxygens (including phenoxy) is 1. The quantitative estimate of drug-likeness (QED) is 0.643. The van der Waals surface area contributed by atoms with Crippen LogP contribution in [0.15, 0.2) is 36.7 Å². The van der Waals surface area contributed by atoms with Gasteiger partial charge in [0.2, 0.25) is 0 Å². The van der Waals surface area contributed by atoms with E-state index in [0.717, 1.165) is 0 Å². The van der Waals surface area contributed by atoms with E-state index in [2.05, 4.69) is 5.10 Å². The van der Waals surface area contributed by atoms with Crippen molar-refractivity contribution in [1.29, 1.82) is 0 Å². The highest BCUT2D eigenvalue weighted by Gasteiger charge is 2.15. The summed E-state index contributed by atoms with van der Waals surface area (Å²) in [5.74, 6) is 0.442. The minimum absolute atomic E-state index is 0.0691. The van der Waals surface area contributed by atoms with Gasteiger partial charge >= 0.3 is 0 Å². The standard InChI is InChI=1S/C13H15N3O4/c1-10(17)12-9-11(16(18)19)3-4-13(12)20-8-7-15-6-2-5-14-15/h2-6,9-10,17H,7-8H2,1H3/t10-/m0/s1. The maximum Gasteiger partial charge on any atom is 0.270 e. The zero-order valence-electron chi connectivity index (χ0n) is 11.0. The molecule has 1 heterocycles. The summed E-state index contributed by atoms with van der Waals surface area (Å²) < 4.78 is 7.28. The average Bonchev–Trinajstić information content (AvgIpc) is 2.91. The fraction of sp³-hybridized carbons (Fsp3) is 0.308. The lowest BCUT2D eigenvalue weighted by molar-refractivity contribution is -0.385. The van der Waals surface area contributed by atoms with Gasteiger partial charge in [0.25, 0.3) is 5.69 Å². The Hall–Kier alpha value is -2.41. The Labute approximate surface area is 115 Å². The van der Waals surface area contributed by atoms with Crippen LogP contribution in [-0.2, 0) is 6.54 Å². The number of benzene rings is 1. The molecule has 0 aliphatic carbocycles. The molecule has 0 spiro atoms. The van der Waals surface area contributed by atoms with E-state index in [-0.39, 0.29) is 5.69 Å². The Morgan fingerprint density at radius 1 is 1.55 bits per heavy atom. The second-order valence-corrected chi connectivity index (χ2v) is 4.27. The molecule has 0 saturated carbocycles. The number of nitro benzene ring substituents is 1. The summed E-state index contributed by atoms with van der Waals surface area (Å²) in [6, 6.07) is 6.00. The van der Waals surface area contributed by atoms with Gasteiger partial charge < -0.3 is 9.84 Å². The van der Waals surface area contributed by atoms with Gasteiger partial charge in [0.05, 0.1) is 17.6 Å². The van der Waals surface area contributed by atoms with Crippen molar-refractivity contribution in [2.45, 2.75) is 19.6 Å². The molecule has 0 aliphatic heterocycles. The number of hydrogen-bond donors (Lipinski definition) is 1. The predicted molar refractivity (Wildman–Crippen MR) is 71.5 cm³/mol. The number of rotatable bonds is 6. The van der Waals surface area contributed by atoms with Crippen LogP contribution in [0.4, 0.5) is 5.69 Å².